The van der Waals surface area contributed by atoms with Crippen molar-refractivity contribution < 1.29 is 34.4 Å². The number of amides is 1. The predicted octanol–water partition coefficient (Wildman–Crippen LogP) is 3.50. The Morgan fingerprint density at radius 3 is 2.29 bits per heavy atom. The van der Waals surface area contributed by atoms with E-state index in [-0.39, 0.29) is 17.5 Å². The van der Waals surface area contributed by atoms with Gasteiger partial charge in [0.15, 0.2) is 6.10 Å². The molecule has 0 saturated heterocycles. The summed E-state index contributed by atoms with van der Waals surface area (Å²) in [7, 11) is 1.42. The molecule has 0 radical (unpaired) electrons. The monoisotopic (exact) mass is 483 g/mol. The lowest BCUT2D eigenvalue weighted by molar-refractivity contribution is -0.148. The third-order valence-electron chi connectivity index (χ3n) is 5.26. The Kier molecular flexibility index (Phi) is 7.88. The molecule has 0 aromatic heterocycles. The molecule has 176 valence electrons. The van der Waals surface area contributed by atoms with E-state index in [1.165, 1.54) is 31.4 Å². The summed E-state index contributed by atoms with van der Waals surface area (Å²) in [6.07, 6.45) is -1.91. The van der Waals surface area contributed by atoms with Crippen LogP contribution in [0.25, 0.3) is 11.1 Å². The van der Waals surface area contributed by atoms with Gasteiger partial charge in [-0.15, -0.1) is 0 Å². The number of hydrogen-bond donors (Lipinski definition) is 4. The number of rotatable bonds is 9. The fourth-order valence-corrected chi connectivity index (χ4v) is 3.74. The molecule has 34 heavy (non-hydrogen) atoms. The molecule has 0 saturated carbocycles. The largest absolute Gasteiger partial charge is 0.496 e. The molecule has 2 atom stereocenters. The van der Waals surface area contributed by atoms with Gasteiger partial charge in [-0.05, 0) is 47.9 Å². The summed E-state index contributed by atoms with van der Waals surface area (Å²) in [6.45, 7) is 0. The number of benzene rings is 3. The van der Waals surface area contributed by atoms with Crippen molar-refractivity contribution in [1.29, 1.82) is 0 Å². The minimum atomic E-state index is -1.88. The van der Waals surface area contributed by atoms with Crippen LogP contribution in [0.3, 0.4) is 0 Å². The zero-order chi connectivity index (χ0) is 24.8. The predicted molar refractivity (Wildman–Crippen MR) is 125 cm³/mol. The van der Waals surface area contributed by atoms with Crippen LogP contribution in [0.4, 0.5) is 0 Å². The Bertz CT molecular complexity index is 1230. The highest BCUT2D eigenvalue weighted by atomic mass is 35.5. The van der Waals surface area contributed by atoms with Crippen molar-refractivity contribution in [3.63, 3.8) is 0 Å². The van der Waals surface area contributed by atoms with Crippen molar-refractivity contribution in [2.75, 3.05) is 7.11 Å². The first-order chi connectivity index (χ1) is 16.2. The first kappa shape index (κ1) is 24.8. The number of halogens is 1. The maximum absolute atomic E-state index is 13.1. The molecular formula is C25H22ClNO7. The number of carbonyl (C=O) groups is 3. The number of carboxylic acids is 2. The van der Waals surface area contributed by atoms with Crippen LogP contribution in [-0.2, 0) is 11.2 Å². The Hall–Kier alpha value is -3.88. The Morgan fingerprint density at radius 1 is 0.971 bits per heavy atom. The topological polar surface area (TPSA) is 133 Å². The summed E-state index contributed by atoms with van der Waals surface area (Å²) in [4.78, 5) is 36.2. The highest BCUT2D eigenvalue weighted by Gasteiger charge is 2.29. The maximum Gasteiger partial charge on any atom is 0.336 e. The molecular weight excluding hydrogens is 462 g/mol. The molecule has 1 amide bonds. The SMILES string of the molecule is COc1ccc(C(=O)N[C@H](Cc2ccccc2Cl)[C@@H](O)C(=O)O)cc1-c1ccccc1C(=O)O. The first-order valence-electron chi connectivity index (χ1n) is 10.2. The summed E-state index contributed by atoms with van der Waals surface area (Å²) in [5, 5.41) is 32.0. The highest BCUT2D eigenvalue weighted by Crippen LogP contribution is 2.33. The zero-order valence-corrected chi connectivity index (χ0v) is 18.8. The van der Waals surface area contributed by atoms with Gasteiger partial charge in [0, 0.05) is 16.1 Å². The van der Waals surface area contributed by atoms with E-state index in [4.69, 9.17) is 16.3 Å². The summed E-state index contributed by atoms with van der Waals surface area (Å²) in [5.74, 6) is -2.95. The van der Waals surface area contributed by atoms with E-state index in [0.717, 1.165) is 0 Å². The fraction of sp³-hybridized carbons (Fsp3) is 0.160. The molecule has 3 aromatic carbocycles. The summed E-state index contributed by atoms with van der Waals surface area (Å²) in [6, 6.07) is 16.2. The van der Waals surface area contributed by atoms with Gasteiger partial charge in [-0.3, -0.25) is 4.79 Å². The highest BCUT2D eigenvalue weighted by molar-refractivity contribution is 6.31. The quantitative estimate of drug-likeness (QED) is 0.366. The van der Waals surface area contributed by atoms with Crippen molar-refractivity contribution in [3.05, 3.63) is 88.4 Å². The minimum Gasteiger partial charge on any atom is -0.496 e. The minimum absolute atomic E-state index is 0.0241. The number of aliphatic hydroxyl groups is 1. The van der Waals surface area contributed by atoms with Crippen molar-refractivity contribution in [1.82, 2.24) is 5.32 Å². The molecule has 0 heterocycles. The first-order valence-corrected chi connectivity index (χ1v) is 10.6. The van der Waals surface area contributed by atoms with E-state index in [1.807, 2.05) is 0 Å². The molecule has 3 aromatic rings. The molecule has 0 aliphatic carbocycles. The summed E-state index contributed by atoms with van der Waals surface area (Å²) in [5.41, 5.74) is 1.42. The number of methoxy groups -OCH3 is 1. The number of hydrogen-bond acceptors (Lipinski definition) is 5. The van der Waals surface area contributed by atoms with Crippen molar-refractivity contribution in [3.8, 4) is 16.9 Å². The van der Waals surface area contributed by atoms with Crippen molar-refractivity contribution >= 4 is 29.4 Å². The second-order valence-electron chi connectivity index (χ2n) is 7.42. The van der Waals surface area contributed by atoms with Crippen LogP contribution in [-0.4, -0.2) is 52.4 Å². The van der Waals surface area contributed by atoms with Crippen LogP contribution < -0.4 is 10.1 Å². The van der Waals surface area contributed by atoms with Gasteiger partial charge < -0.3 is 25.4 Å². The van der Waals surface area contributed by atoms with E-state index in [9.17, 15) is 29.7 Å². The van der Waals surface area contributed by atoms with E-state index in [2.05, 4.69) is 5.32 Å². The van der Waals surface area contributed by atoms with Crippen LogP contribution in [0.2, 0.25) is 5.02 Å². The smallest absolute Gasteiger partial charge is 0.336 e. The van der Waals surface area contributed by atoms with E-state index in [0.29, 0.717) is 27.5 Å². The second kappa shape index (κ2) is 10.8. The number of ether oxygens (including phenoxy) is 1. The maximum atomic E-state index is 13.1. The molecule has 0 aliphatic heterocycles. The lowest BCUT2D eigenvalue weighted by atomic mass is 9.96. The fourth-order valence-electron chi connectivity index (χ4n) is 3.53. The molecule has 3 rings (SSSR count). The van der Waals surface area contributed by atoms with Crippen LogP contribution >= 0.6 is 11.6 Å². The molecule has 0 unspecified atom stereocenters. The Labute approximate surface area is 200 Å². The van der Waals surface area contributed by atoms with Crippen LogP contribution in [0, 0.1) is 0 Å². The van der Waals surface area contributed by atoms with Crippen molar-refractivity contribution in [2.24, 2.45) is 0 Å². The van der Waals surface area contributed by atoms with Gasteiger partial charge in [-0.1, -0.05) is 48.0 Å². The van der Waals surface area contributed by atoms with Gasteiger partial charge in [0.1, 0.15) is 5.75 Å². The van der Waals surface area contributed by atoms with Gasteiger partial charge in [0.2, 0.25) is 0 Å². The number of aliphatic carboxylic acids is 1. The second-order valence-corrected chi connectivity index (χ2v) is 7.83. The van der Waals surface area contributed by atoms with Gasteiger partial charge >= 0.3 is 11.9 Å². The number of aromatic carboxylic acids is 1. The molecule has 0 aliphatic rings. The lowest BCUT2D eigenvalue weighted by Gasteiger charge is -2.22. The molecule has 4 N–H and O–H groups in total. The average Bonchev–Trinajstić information content (AvgIpc) is 2.83. The standard InChI is InChI=1S/C25H22ClNO7/c1-34-21-11-10-15(12-18(21)16-7-3-4-8-17(16)24(30)31)23(29)27-20(22(28)25(32)33)13-14-6-2-5-9-19(14)26/h2-12,20,22,28H,13H2,1H3,(H,27,29)(H,30,31)(H,32,33)/t20-,22-/m1/s1. The molecule has 0 bridgehead atoms. The number of carbonyl (C=O) groups excluding carboxylic acids is 1. The lowest BCUT2D eigenvalue weighted by Crippen LogP contribution is -2.48. The summed E-state index contributed by atoms with van der Waals surface area (Å²) < 4.78 is 5.36. The van der Waals surface area contributed by atoms with Gasteiger partial charge in [0.25, 0.3) is 5.91 Å². The number of carboxylic acid groups (broad SMARTS) is 2. The van der Waals surface area contributed by atoms with E-state index in [1.54, 1.807) is 42.5 Å². The van der Waals surface area contributed by atoms with Crippen LogP contribution in [0.15, 0.2) is 66.7 Å². The molecule has 8 nitrogen and oxygen atoms in total. The van der Waals surface area contributed by atoms with Gasteiger partial charge in [-0.2, -0.15) is 0 Å². The van der Waals surface area contributed by atoms with Crippen LogP contribution in [0.5, 0.6) is 5.75 Å². The normalized spacial score (nSPS) is 12.4. The van der Waals surface area contributed by atoms with Crippen LogP contribution in [0.1, 0.15) is 26.3 Å². The molecule has 0 fully saturated rings. The van der Waals surface area contributed by atoms with E-state index >= 15 is 0 Å². The molecule has 9 heteroatoms. The number of aliphatic hydroxyl groups excluding tert-OH is 1. The third kappa shape index (κ3) is 5.54. The Balaban J connectivity index is 1.96. The molecule has 0 spiro atoms. The Morgan fingerprint density at radius 2 is 1.65 bits per heavy atom. The average molecular weight is 484 g/mol. The number of nitrogens with one attached hydrogen (secondary N) is 1. The summed E-state index contributed by atoms with van der Waals surface area (Å²) >= 11 is 6.16. The van der Waals surface area contributed by atoms with Crippen molar-refractivity contribution in [2.45, 2.75) is 18.6 Å². The zero-order valence-electron chi connectivity index (χ0n) is 18.1. The van der Waals surface area contributed by atoms with Gasteiger partial charge in [0.05, 0.1) is 18.7 Å². The van der Waals surface area contributed by atoms with Gasteiger partial charge in [-0.25, -0.2) is 9.59 Å². The van der Waals surface area contributed by atoms with E-state index < -0.39 is 30.0 Å². The third-order valence-corrected chi connectivity index (χ3v) is 5.63.